The summed E-state index contributed by atoms with van der Waals surface area (Å²) in [5.41, 5.74) is 6.81. The molecule has 1 aliphatic carbocycles. The molecule has 0 heterocycles. The predicted molar refractivity (Wildman–Crippen MR) is 138 cm³/mol. The van der Waals surface area contributed by atoms with Crippen LogP contribution >= 0.6 is 0 Å². The Morgan fingerprint density at radius 3 is 1.21 bits per heavy atom. The lowest BCUT2D eigenvalue weighted by Crippen LogP contribution is -2.02. The second-order valence-electron chi connectivity index (χ2n) is 8.03. The van der Waals surface area contributed by atoms with Crippen molar-refractivity contribution in [1.29, 1.82) is 0 Å². The Balaban J connectivity index is 1.86. The highest BCUT2D eigenvalue weighted by atomic mass is 16.5. The lowest BCUT2D eigenvalue weighted by molar-refractivity contribution is -0.108. The number of allylic oxidation sites excluding steroid dienone is 4. The average molecular weight is 445 g/mol. The third kappa shape index (κ3) is 3.82. The van der Waals surface area contributed by atoms with Crippen molar-refractivity contribution < 1.29 is 14.3 Å². The molecule has 0 aromatic heterocycles. The second kappa shape index (κ2) is 9.24. The molecule has 0 saturated heterocycles. The number of ketones is 1. The van der Waals surface area contributed by atoms with Crippen molar-refractivity contribution in [1.82, 2.24) is 0 Å². The van der Waals surface area contributed by atoms with E-state index in [1.807, 2.05) is 84.9 Å². The zero-order valence-corrected chi connectivity index (χ0v) is 19.1. The van der Waals surface area contributed by atoms with E-state index in [1.54, 1.807) is 14.2 Å². The molecule has 4 aromatic rings. The SMILES string of the molecule is COc1cccc(C2=C(c3ccccc3)C(c3ccccc3)=C(c3cccc(OC)c3)C2=O)c1. The van der Waals surface area contributed by atoms with Crippen molar-refractivity contribution in [3.05, 3.63) is 131 Å². The molecule has 34 heavy (non-hydrogen) atoms. The van der Waals surface area contributed by atoms with Crippen LogP contribution in [0.15, 0.2) is 109 Å². The van der Waals surface area contributed by atoms with Crippen LogP contribution in [0.1, 0.15) is 22.3 Å². The van der Waals surface area contributed by atoms with Crippen molar-refractivity contribution in [3.63, 3.8) is 0 Å². The van der Waals surface area contributed by atoms with E-state index in [0.29, 0.717) is 22.6 Å². The molecule has 3 heteroatoms. The van der Waals surface area contributed by atoms with Gasteiger partial charge >= 0.3 is 0 Å². The normalized spacial score (nSPS) is 13.4. The molecule has 0 saturated carbocycles. The molecule has 0 atom stereocenters. The van der Waals surface area contributed by atoms with Crippen LogP contribution in [-0.4, -0.2) is 20.0 Å². The Hall–Kier alpha value is -4.37. The molecule has 4 aromatic carbocycles. The number of carbonyl (C=O) groups is 1. The van der Waals surface area contributed by atoms with Crippen LogP contribution < -0.4 is 9.47 Å². The van der Waals surface area contributed by atoms with Gasteiger partial charge in [0, 0.05) is 22.3 Å². The Morgan fingerprint density at radius 2 is 0.824 bits per heavy atom. The molecule has 0 amide bonds. The lowest BCUT2D eigenvalue weighted by Gasteiger charge is -2.14. The highest BCUT2D eigenvalue weighted by Crippen LogP contribution is 2.50. The van der Waals surface area contributed by atoms with Gasteiger partial charge in [-0.25, -0.2) is 0 Å². The standard InChI is InChI=1S/C31H24O3/c1-33-25-17-9-15-23(19-25)29-27(21-11-5-3-6-12-21)28(22-13-7-4-8-14-22)30(31(29)32)24-16-10-18-26(20-24)34-2/h3-20H,1-2H3. The fourth-order valence-corrected chi connectivity index (χ4v) is 4.50. The van der Waals surface area contributed by atoms with Gasteiger partial charge in [-0.2, -0.15) is 0 Å². The number of methoxy groups -OCH3 is 2. The third-order valence-electron chi connectivity index (χ3n) is 6.05. The summed E-state index contributed by atoms with van der Waals surface area (Å²) in [5, 5.41) is 0. The van der Waals surface area contributed by atoms with Crippen LogP contribution in [0.2, 0.25) is 0 Å². The highest BCUT2D eigenvalue weighted by Gasteiger charge is 2.35. The van der Waals surface area contributed by atoms with Gasteiger partial charge in [-0.3, -0.25) is 4.79 Å². The van der Waals surface area contributed by atoms with Gasteiger partial charge in [0.15, 0.2) is 5.78 Å². The van der Waals surface area contributed by atoms with E-state index >= 15 is 0 Å². The van der Waals surface area contributed by atoms with E-state index in [-0.39, 0.29) is 5.78 Å². The summed E-state index contributed by atoms with van der Waals surface area (Å²) in [6.45, 7) is 0. The van der Waals surface area contributed by atoms with E-state index in [9.17, 15) is 4.79 Å². The Kier molecular flexibility index (Phi) is 5.84. The molecule has 0 unspecified atom stereocenters. The van der Waals surface area contributed by atoms with E-state index in [1.165, 1.54) is 0 Å². The minimum absolute atomic E-state index is 0.0146. The van der Waals surface area contributed by atoms with Gasteiger partial charge in [0.25, 0.3) is 0 Å². The van der Waals surface area contributed by atoms with Gasteiger partial charge in [0.1, 0.15) is 11.5 Å². The smallest absolute Gasteiger partial charge is 0.195 e. The van der Waals surface area contributed by atoms with E-state index in [2.05, 4.69) is 24.3 Å². The van der Waals surface area contributed by atoms with Crippen molar-refractivity contribution in [2.75, 3.05) is 14.2 Å². The monoisotopic (exact) mass is 444 g/mol. The van der Waals surface area contributed by atoms with E-state index < -0.39 is 0 Å². The van der Waals surface area contributed by atoms with Crippen LogP contribution in [-0.2, 0) is 4.79 Å². The number of hydrogen-bond acceptors (Lipinski definition) is 3. The van der Waals surface area contributed by atoms with Gasteiger partial charge in [-0.1, -0.05) is 84.9 Å². The minimum atomic E-state index is -0.0146. The van der Waals surface area contributed by atoms with Gasteiger partial charge in [0.2, 0.25) is 0 Å². The summed E-state index contributed by atoms with van der Waals surface area (Å²) in [4.78, 5) is 14.3. The van der Waals surface area contributed by atoms with Crippen LogP contribution in [0, 0.1) is 0 Å². The molecule has 166 valence electrons. The maximum Gasteiger partial charge on any atom is 0.195 e. The molecule has 0 aliphatic heterocycles. The van der Waals surface area contributed by atoms with Crippen molar-refractivity contribution >= 4 is 28.1 Å². The van der Waals surface area contributed by atoms with Gasteiger partial charge in [-0.05, 0) is 46.5 Å². The zero-order chi connectivity index (χ0) is 23.5. The van der Waals surface area contributed by atoms with E-state index in [0.717, 1.165) is 33.4 Å². The molecule has 5 rings (SSSR count). The van der Waals surface area contributed by atoms with Crippen molar-refractivity contribution in [3.8, 4) is 11.5 Å². The minimum Gasteiger partial charge on any atom is -0.497 e. The van der Waals surface area contributed by atoms with Gasteiger partial charge in [0.05, 0.1) is 14.2 Å². The van der Waals surface area contributed by atoms with Crippen molar-refractivity contribution in [2.45, 2.75) is 0 Å². The number of benzene rings is 4. The molecule has 3 nitrogen and oxygen atoms in total. The summed E-state index contributed by atoms with van der Waals surface area (Å²) in [6.07, 6.45) is 0. The fourth-order valence-electron chi connectivity index (χ4n) is 4.50. The van der Waals surface area contributed by atoms with Gasteiger partial charge in [-0.15, -0.1) is 0 Å². The summed E-state index contributed by atoms with van der Waals surface area (Å²) in [6, 6.07) is 35.6. The van der Waals surface area contributed by atoms with Crippen molar-refractivity contribution in [2.24, 2.45) is 0 Å². The molecule has 0 bridgehead atoms. The molecular weight excluding hydrogens is 420 g/mol. The highest BCUT2D eigenvalue weighted by molar-refractivity contribution is 6.59. The summed E-state index contributed by atoms with van der Waals surface area (Å²) < 4.78 is 11.0. The van der Waals surface area contributed by atoms with Gasteiger partial charge < -0.3 is 9.47 Å². The molecular formula is C31H24O3. The first-order valence-corrected chi connectivity index (χ1v) is 11.1. The fraction of sp³-hybridized carbons (Fsp3) is 0.0645. The van der Waals surface area contributed by atoms with Crippen LogP contribution in [0.25, 0.3) is 22.3 Å². The average Bonchev–Trinajstić information content (AvgIpc) is 3.22. The number of rotatable bonds is 6. The Labute approximate surface area is 199 Å². The molecule has 0 fully saturated rings. The quantitative estimate of drug-likeness (QED) is 0.328. The second-order valence-corrected chi connectivity index (χ2v) is 8.03. The number of ether oxygens (including phenoxy) is 2. The maximum atomic E-state index is 14.3. The molecule has 1 aliphatic rings. The zero-order valence-electron chi connectivity index (χ0n) is 19.1. The van der Waals surface area contributed by atoms with Crippen LogP contribution in [0.5, 0.6) is 11.5 Å². The number of Topliss-reactive ketones (excluding diaryl/α,β-unsaturated/α-hetero) is 1. The first-order chi connectivity index (χ1) is 16.7. The first kappa shape index (κ1) is 21.5. The third-order valence-corrected chi connectivity index (χ3v) is 6.05. The summed E-state index contributed by atoms with van der Waals surface area (Å²) in [5.74, 6) is 1.40. The number of hydrogen-bond donors (Lipinski definition) is 0. The Bertz CT molecular complexity index is 1300. The topological polar surface area (TPSA) is 35.5 Å². The molecule has 0 N–H and O–H groups in total. The lowest BCUT2D eigenvalue weighted by atomic mass is 9.89. The number of carbonyl (C=O) groups excluding carboxylic acids is 1. The maximum absolute atomic E-state index is 14.3. The predicted octanol–water partition coefficient (Wildman–Crippen LogP) is 6.81. The molecule has 0 spiro atoms. The first-order valence-electron chi connectivity index (χ1n) is 11.1. The van der Waals surface area contributed by atoms with Crippen LogP contribution in [0.3, 0.4) is 0 Å². The van der Waals surface area contributed by atoms with Crippen LogP contribution in [0.4, 0.5) is 0 Å². The van der Waals surface area contributed by atoms with E-state index in [4.69, 9.17) is 9.47 Å². The largest absolute Gasteiger partial charge is 0.497 e. The summed E-state index contributed by atoms with van der Waals surface area (Å²) in [7, 11) is 3.27. The Morgan fingerprint density at radius 1 is 0.441 bits per heavy atom. The summed E-state index contributed by atoms with van der Waals surface area (Å²) >= 11 is 0. The molecule has 0 radical (unpaired) electrons.